The second kappa shape index (κ2) is 6.37. The topological polar surface area (TPSA) is 45.2 Å². The Labute approximate surface area is 128 Å². The molecule has 2 aromatic rings. The van der Waals surface area contributed by atoms with Crippen LogP contribution >= 0.6 is 11.3 Å². The number of hydrogen-bond donors (Lipinski definition) is 1. The fourth-order valence-electron chi connectivity index (χ4n) is 2.76. The molecule has 2 heterocycles. The SMILES string of the molecule is Cc1ncsc1CCN1CCNC(=O)[C@H]1c1ccccc1. The van der Waals surface area contributed by atoms with Gasteiger partial charge in [0, 0.05) is 24.5 Å². The number of carbonyl (C=O) groups excluding carboxylic acids is 1. The lowest BCUT2D eigenvalue weighted by Crippen LogP contribution is -2.50. The first-order valence-corrected chi connectivity index (χ1v) is 8.09. The minimum absolute atomic E-state index is 0.105. The highest BCUT2D eigenvalue weighted by molar-refractivity contribution is 7.09. The zero-order chi connectivity index (χ0) is 14.7. The van der Waals surface area contributed by atoms with E-state index in [4.69, 9.17) is 0 Å². The Balaban J connectivity index is 1.75. The van der Waals surface area contributed by atoms with Crippen LogP contribution in [-0.4, -0.2) is 35.4 Å². The van der Waals surface area contributed by atoms with E-state index in [2.05, 4.69) is 15.2 Å². The predicted molar refractivity (Wildman–Crippen MR) is 84.3 cm³/mol. The maximum absolute atomic E-state index is 12.3. The lowest BCUT2D eigenvalue weighted by molar-refractivity contribution is -0.129. The molecule has 0 bridgehead atoms. The normalized spacial score (nSPS) is 19.5. The molecule has 0 spiro atoms. The van der Waals surface area contributed by atoms with Gasteiger partial charge in [0.05, 0.1) is 11.2 Å². The zero-order valence-electron chi connectivity index (χ0n) is 12.1. The first-order valence-electron chi connectivity index (χ1n) is 7.21. The van der Waals surface area contributed by atoms with Crippen LogP contribution in [0.1, 0.15) is 22.2 Å². The van der Waals surface area contributed by atoms with Crippen molar-refractivity contribution < 1.29 is 4.79 Å². The average molecular weight is 301 g/mol. The molecule has 1 saturated heterocycles. The van der Waals surface area contributed by atoms with E-state index in [1.807, 2.05) is 42.8 Å². The second-order valence-corrected chi connectivity index (χ2v) is 6.19. The Morgan fingerprint density at radius 3 is 2.90 bits per heavy atom. The van der Waals surface area contributed by atoms with Crippen molar-refractivity contribution >= 4 is 17.2 Å². The van der Waals surface area contributed by atoms with Crippen LogP contribution in [-0.2, 0) is 11.2 Å². The van der Waals surface area contributed by atoms with Gasteiger partial charge >= 0.3 is 0 Å². The molecule has 1 atom stereocenters. The van der Waals surface area contributed by atoms with Gasteiger partial charge in [-0.3, -0.25) is 9.69 Å². The lowest BCUT2D eigenvalue weighted by Gasteiger charge is -2.35. The predicted octanol–water partition coefficient (Wildman–Crippen LogP) is 2.17. The van der Waals surface area contributed by atoms with Crippen LogP contribution < -0.4 is 5.32 Å². The smallest absolute Gasteiger partial charge is 0.242 e. The van der Waals surface area contributed by atoms with Crippen molar-refractivity contribution in [2.45, 2.75) is 19.4 Å². The number of aryl methyl sites for hydroxylation is 1. The van der Waals surface area contributed by atoms with E-state index in [-0.39, 0.29) is 11.9 Å². The fraction of sp³-hybridized carbons (Fsp3) is 0.375. The third kappa shape index (κ3) is 3.14. The highest BCUT2D eigenvalue weighted by Crippen LogP contribution is 2.24. The molecule has 0 radical (unpaired) electrons. The Morgan fingerprint density at radius 1 is 1.38 bits per heavy atom. The second-order valence-electron chi connectivity index (χ2n) is 5.25. The van der Waals surface area contributed by atoms with Crippen molar-refractivity contribution in [3.8, 4) is 0 Å². The lowest BCUT2D eigenvalue weighted by atomic mass is 10.0. The number of amides is 1. The van der Waals surface area contributed by atoms with Crippen molar-refractivity contribution in [1.82, 2.24) is 15.2 Å². The number of carbonyl (C=O) groups is 1. The van der Waals surface area contributed by atoms with E-state index in [1.165, 1.54) is 4.88 Å². The molecular weight excluding hydrogens is 282 g/mol. The Bertz CT molecular complexity index is 611. The number of aromatic nitrogens is 1. The number of hydrogen-bond acceptors (Lipinski definition) is 4. The molecule has 1 aliphatic rings. The number of rotatable bonds is 4. The van der Waals surface area contributed by atoms with Gasteiger partial charge in [-0.15, -0.1) is 11.3 Å². The molecule has 5 heteroatoms. The maximum atomic E-state index is 12.3. The third-order valence-corrected chi connectivity index (χ3v) is 4.89. The van der Waals surface area contributed by atoms with Gasteiger partial charge in [0.2, 0.25) is 5.91 Å². The molecule has 1 aliphatic heterocycles. The minimum Gasteiger partial charge on any atom is -0.353 e. The van der Waals surface area contributed by atoms with E-state index in [0.717, 1.165) is 37.3 Å². The zero-order valence-corrected chi connectivity index (χ0v) is 12.9. The van der Waals surface area contributed by atoms with Crippen molar-refractivity contribution in [2.75, 3.05) is 19.6 Å². The van der Waals surface area contributed by atoms with Gasteiger partial charge in [-0.05, 0) is 18.9 Å². The number of nitrogens with zero attached hydrogens (tertiary/aromatic N) is 2. The molecule has 1 amide bonds. The molecule has 1 aromatic heterocycles. The van der Waals surface area contributed by atoms with Crippen LogP contribution in [0.4, 0.5) is 0 Å². The maximum Gasteiger partial charge on any atom is 0.242 e. The first-order chi connectivity index (χ1) is 10.3. The van der Waals surface area contributed by atoms with E-state index in [0.29, 0.717) is 0 Å². The third-order valence-electron chi connectivity index (χ3n) is 3.90. The van der Waals surface area contributed by atoms with Crippen LogP contribution in [0.3, 0.4) is 0 Å². The highest BCUT2D eigenvalue weighted by atomic mass is 32.1. The van der Waals surface area contributed by atoms with Gasteiger partial charge in [0.25, 0.3) is 0 Å². The summed E-state index contributed by atoms with van der Waals surface area (Å²) in [7, 11) is 0. The molecule has 4 nitrogen and oxygen atoms in total. The van der Waals surface area contributed by atoms with Gasteiger partial charge in [-0.2, -0.15) is 0 Å². The summed E-state index contributed by atoms with van der Waals surface area (Å²) in [5, 5.41) is 2.97. The highest BCUT2D eigenvalue weighted by Gasteiger charge is 2.30. The molecule has 1 fully saturated rings. The van der Waals surface area contributed by atoms with Gasteiger partial charge in [0.15, 0.2) is 0 Å². The summed E-state index contributed by atoms with van der Waals surface area (Å²) in [6, 6.07) is 9.84. The fourth-order valence-corrected chi connectivity index (χ4v) is 3.53. The molecular formula is C16H19N3OS. The summed E-state index contributed by atoms with van der Waals surface area (Å²) < 4.78 is 0. The average Bonchev–Trinajstić information content (AvgIpc) is 2.91. The summed E-state index contributed by atoms with van der Waals surface area (Å²) in [4.78, 5) is 20.1. The van der Waals surface area contributed by atoms with Crippen molar-refractivity contribution in [2.24, 2.45) is 0 Å². The number of benzene rings is 1. The summed E-state index contributed by atoms with van der Waals surface area (Å²) in [5.74, 6) is 0.105. The Hall–Kier alpha value is -1.72. The largest absolute Gasteiger partial charge is 0.353 e. The molecule has 21 heavy (non-hydrogen) atoms. The van der Waals surface area contributed by atoms with Crippen molar-refractivity contribution in [3.63, 3.8) is 0 Å². The molecule has 0 unspecified atom stereocenters. The first kappa shape index (κ1) is 14.2. The molecule has 1 N–H and O–H groups in total. The summed E-state index contributed by atoms with van der Waals surface area (Å²) in [6.45, 7) is 4.55. The quantitative estimate of drug-likeness (QED) is 0.941. The number of thiazole rings is 1. The standard InChI is InChI=1S/C16H19N3OS/c1-12-14(21-11-18-12)7-9-19-10-8-17-16(20)15(19)13-5-3-2-4-6-13/h2-6,11,15H,7-10H2,1H3,(H,17,20)/t15-/m1/s1. The Morgan fingerprint density at radius 2 is 2.19 bits per heavy atom. The van der Waals surface area contributed by atoms with E-state index >= 15 is 0 Å². The van der Waals surface area contributed by atoms with Crippen LogP contribution in [0, 0.1) is 6.92 Å². The Kier molecular flexibility index (Phi) is 4.31. The van der Waals surface area contributed by atoms with Crippen LogP contribution in [0.5, 0.6) is 0 Å². The van der Waals surface area contributed by atoms with Crippen molar-refractivity contribution in [3.05, 3.63) is 52.0 Å². The van der Waals surface area contributed by atoms with Gasteiger partial charge in [0.1, 0.15) is 6.04 Å². The van der Waals surface area contributed by atoms with Crippen LogP contribution in [0.2, 0.25) is 0 Å². The number of nitrogens with one attached hydrogen (secondary N) is 1. The van der Waals surface area contributed by atoms with Gasteiger partial charge in [-0.25, -0.2) is 4.98 Å². The summed E-state index contributed by atoms with van der Waals surface area (Å²) in [6.07, 6.45) is 0.952. The molecule has 3 rings (SSSR count). The monoisotopic (exact) mass is 301 g/mol. The summed E-state index contributed by atoms with van der Waals surface area (Å²) in [5.41, 5.74) is 4.07. The van der Waals surface area contributed by atoms with Crippen molar-refractivity contribution in [1.29, 1.82) is 0 Å². The van der Waals surface area contributed by atoms with E-state index in [1.54, 1.807) is 11.3 Å². The van der Waals surface area contributed by atoms with Crippen LogP contribution in [0.25, 0.3) is 0 Å². The molecule has 1 aromatic carbocycles. The van der Waals surface area contributed by atoms with Gasteiger partial charge in [-0.1, -0.05) is 30.3 Å². The van der Waals surface area contributed by atoms with Gasteiger partial charge < -0.3 is 5.32 Å². The van der Waals surface area contributed by atoms with Crippen LogP contribution in [0.15, 0.2) is 35.8 Å². The minimum atomic E-state index is -0.173. The molecule has 0 saturated carbocycles. The van der Waals surface area contributed by atoms with E-state index in [9.17, 15) is 4.79 Å². The molecule has 110 valence electrons. The van der Waals surface area contributed by atoms with E-state index < -0.39 is 0 Å². The number of piperazine rings is 1. The molecule has 0 aliphatic carbocycles. The summed E-state index contributed by atoms with van der Waals surface area (Å²) >= 11 is 1.70.